The number of hydrogen-bond acceptors (Lipinski definition) is 5. The fourth-order valence-corrected chi connectivity index (χ4v) is 3.96. The summed E-state index contributed by atoms with van der Waals surface area (Å²) >= 11 is 0. The van der Waals surface area contributed by atoms with Crippen LogP contribution in [-0.2, 0) is 13.6 Å². The maximum absolute atomic E-state index is 12.8. The van der Waals surface area contributed by atoms with Gasteiger partial charge in [0.2, 0.25) is 5.71 Å². The SMILES string of the molecule is Cc1ccc(CN2CCC(CNC(=O)c3c(C)oc4ncn(C)c(=O)c34)C2)cc1. The van der Waals surface area contributed by atoms with Gasteiger partial charge in [0.05, 0.1) is 5.56 Å². The van der Waals surface area contributed by atoms with E-state index in [4.69, 9.17) is 4.42 Å². The van der Waals surface area contributed by atoms with Crippen LogP contribution >= 0.6 is 0 Å². The normalized spacial score (nSPS) is 17.1. The number of amides is 1. The second kappa shape index (κ2) is 7.83. The standard InChI is InChI=1S/C22H26N4O3/c1-14-4-6-16(7-5-14)11-26-9-8-17(12-26)10-23-20(27)18-15(2)29-21-19(18)22(28)25(3)13-24-21/h4-7,13,17H,8-12H2,1-3H3,(H,23,27). The van der Waals surface area contributed by atoms with Crippen LogP contribution in [0, 0.1) is 19.8 Å². The summed E-state index contributed by atoms with van der Waals surface area (Å²) in [5.74, 6) is 0.535. The van der Waals surface area contributed by atoms with Crippen LogP contribution in [-0.4, -0.2) is 40.0 Å². The average Bonchev–Trinajstić information content (AvgIpc) is 3.28. The van der Waals surface area contributed by atoms with Crippen molar-refractivity contribution in [3.8, 4) is 0 Å². The fraction of sp³-hybridized carbons (Fsp3) is 0.409. The van der Waals surface area contributed by atoms with E-state index in [1.165, 1.54) is 22.0 Å². The molecule has 1 fully saturated rings. The van der Waals surface area contributed by atoms with Gasteiger partial charge in [-0.15, -0.1) is 0 Å². The highest BCUT2D eigenvalue weighted by molar-refractivity contribution is 6.06. The highest BCUT2D eigenvalue weighted by Gasteiger charge is 2.26. The van der Waals surface area contributed by atoms with Gasteiger partial charge in [-0.3, -0.25) is 14.5 Å². The molecule has 29 heavy (non-hydrogen) atoms. The van der Waals surface area contributed by atoms with Crippen LogP contribution in [0.15, 0.2) is 39.8 Å². The average molecular weight is 394 g/mol. The lowest BCUT2D eigenvalue weighted by Gasteiger charge is -2.16. The van der Waals surface area contributed by atoms with Crippen LogP contribution in [0.2, 0.25) is 0 Å². The summed E-state index contributed by atoms with van der Waals surface area (Å²) < 4.78 is 6.88. The zero-order valence-corrected chi connectivity index (χ0v) is 17.1. The Bertz CT molecular complexity index is 1100. The maximum Gasteiger partial charge on any atom is 0.265 e. The minimum Gasteiger partial charge on any atom is -0.442 e. The summed E-state index contributed by atoms with van der Waals surface area (Å²) in [6, 6.07) is 8.62. The van der Waals surface area contributed by atoms with E-state index in [2.05, 4.69) is 46.4 Å². The molecule has 1 atom stereocenters. The van der Waals surface area contributed by atoms with Gasteiger partial charge >= 0.3 is 0 Å². The van der Waals surface area contributed by atoms with Crippen LogP contribution in [0.25, 0.3) is 11.1 Å². The van der Waals surface area contributed by atoms with Crippen LogP contribution in [0.1, 0.15) is 33.7 Å². The van der Waals surface area contributed by atoms with E-state index in [0.717, 1.165) is 26.1 Å². The molecule has 7 heteroatoms. The zero-order valence-electron chi connectivity index (χ0n) is 17.1. The zero-order chi connectivity index (χ0) is 20.5. The summed E-state index contributed by atoms with van der Waals surface area (Å²) in [5.41, 5.74) is 2.80. The summed E-state index contributed by atoms with van der Waals surface area (Å²) in [7, 11) is 1.61. The van der Waals surface area contributed by atoms with Crippen molar-refractivity contribution in [1.82, 2.24) is 19.8 Å². The van der Waals surface area contributed by atoms with Gasteiger partial charge in [0.15, 0.2) is 0 Å². The molecule has 1 aliphatic heterocycles. The Balaban J connectivity index is 1.39. The topological polar surface area (TPSA) is 80.4 Å². The van der Waals surface area contributed by atoms with Crippen molar-refractivity contribution < 1.29 is 9.21 Å². The summed E-state index contributed by atoms with van der Waals surface area (Å²) in [6.45, 7) is 7.26. The molecule has 152 valence electrons. The van der Waals surface area contributed by atoms with E-state index in [9.17, 15) is 9.59 Å². The molecular formula is C22H26N4O3. The number of rotatable bonds is 5. The van der Waals surface area contributed by atoms with E-state index in [-0.39, 0.29) is 22.6 Å². The highest BCUT2D eigenvalue weighted by Crippen LogP contribution is 2.22. The minimum atomic E-state index is -0.276. The number of carbonyl (C=O) groups is 1. The third kappa shape index (κ3) is 3.96. The first-order chi connectivity index (χ1) is 13.9. The molecule has 1 amide bonds. The molecule has 0 bridgehead atoms. The maximum atomic E-state index is 12.8. The Kier molecular flexibility index (Phi) is 5.24. The van der Waals surface area contributed by atoms with E-state index in [1.54, 1.807) is 14.0 Å². The molecule has 3 heterocycles. The molecule has 0 aliphatic carbocycles. The third-order valence-corrected chi connectivity index (χ3v) is 5.62. The number of aromatic nitrogens is 2. The molecule has 0 saturated carbocycles. The van der Waals surface area contributed by atoms with Crippen LogP contribution < -0.4 is 10.9 Å². The fourth-order valence-electron chi connectivity index (χ4n) is 3.96. The van der Waals surface area contributed by atoms with E-state index >= 15 is 0 Å². The lowest BCUT2D eigenvalue weighted by Crippen LogP contribution is -2.32. The van der Waals surface area contributed by atoms with Gasteiger partial charge in [-0.2, -0.15) is 0 Å². The Morgan fingerprint density at radius 2 is 2.03 bits per heavy atom. The molecule has 0 spiro atoms. The van der Waals surface area contributed by atoms with Crippen LogP contribution in [0.5, 0.6) is 0 Å². The van der Waals surface area contributed by atoms with E-state index in [1.807, 2.05) is 0 Å². The first-order valence-electron chi connectivity index (χ1n) is 9.93. The molecule has 1 aliphatic rings. The number of fused-ring (bicyclic) bond motifs is 1. The lowest BCUT2D eigenvalue weighted by atomic mass is 10.1. The Labute approximate surface area is 169 Å². The number of benzene rings is 1. The Morgan fingerprint density at radius 1 is 1.28 bits per heavy atom. The van der Waals surface area contributed by atoms with Crippen LogP contribution in [0.4, 0.5) is 0 Å². The Hall–Kier alpha value is -2.93. The molecule has 1 unspecified atom stereocenters. The third-order valence-electron chi connectivity index (χ3n) is 5.62. The van der Waals surface area contributed by atoms with Gasteiger partial charge < -0.3 is 14.3 Å². The molecule has 4 rings (SSSR count). The number of likely N-dealkylation sites (tertiary alicyclic amines) is 1. The van der Waals surface area contributed by atoms with Gasteiger partial charge in [0.25, 0.3) is 11.5 Å². The van der Waals surface area contributed by atoms with Crippen LogP contribution in [0.3, 0.4) is 0 Å². The number of nitrogens with zero attached hydrogens (tertiary/aromatic N) is 3. The molecule has 1 aromatic carbocycles. The molecule has 7 nitrogen and oxygen atoms in total. The Morgan fingerprint density at radius 3 is 2.79 bits per heavy atom. The van der Waals surface area contributed by atoms with Crippen molar-refractivity contribution in [2.75, 3.05) is 19.6 Å². The van der Waals surface area contributed by atoms with Gasteiger partial charge in [-0.05, 0) is 38.3 Å². The second-order valence-electron chi connectivity index (χ2n) is 7.96. The van der Waals surface area contributed by atoms with Gasteiger partial charge in [-0.25, -0.2) is 4.98 Å². The molecule has 2 aromatic heterocycles. The molecule has 1 N–H and O–H groups in total. The van der Waals surface area contributed by atoms with Crippen molar-refractivity contribution in [1.29, 1.82) is 0 Å². The first-order valence-corrected chi connectivity index (χ1v) is 9.93. The second-order valence-corrected chi connectivity index (χ2v) is 7.96. The smallest absolute Gasteiger partial charge is 0.265 e. The van der Waals surface area contributed by atoms with E-state index in [0.29, 0.717) is 23.8 Å². The van der Waals surface area contributed by atoms with Crippen molar-refractivity contribution >= 4 is 17.0 Å². The molecular weight excluding hydrogens is 368 g/mol. The van der Waals surface area contributed by atoms with Gasteiger partial charge in [-0.1, -0.05) is 29.8 Å². The lowest BCUT2D eigenvalue weighted by molar-refractivity contribution is 0.0947. The van der Waals surface area contributed by atoms with Crippen molar-refractivity contribution in [2.45, 2.75) is 26.8 Å². The minimum absolute atomic E-state index is 0.209. The predicted molar refractivity (Wildman–Crippen MR) is 111 cm³/mol. The largest absolute Gasteiger partial charge is 0.442 e. The van der Waals surface area contributed by atoms with Crippen molar-refractivity contribution in [2.24, 2.45) is 13.0 Å². The number of hydrogen-bond donors (Lipinski definition) is 1. The van der Waals surface area contributed by atoms with Crippen molar-refractivity contribution in [3.05, 3.63) is 63.4 Å². The quantitative estimate of drug-likeness (QED) is 0.719. The van der Waals surface area contributed by atoms with Gasteiger partial charge in [0.1, 0.15) is 17.5 Å². The molecule has 1 saturated heterocycles. The van der Waals surface area contributed by atoms with Gasteiger partial charge in [0, 0.05) is 26.7 Å². The number of carbonyl (C=O) groups excluding carboxylic acids is 1. The monoisotopic (exact) mass is 394 g/mol. The highest BCUT2D eigenvalue weighted by atomic mass is 16.3. The first kappa shape index (κ1) is 19.4. The van der Waals surface area contributed by atoms with Crippen molar-refractivity contribution in [3.63, 3.8) is 0 Å². The number of nitrogens with one attached hydrogen (secondary N) is 1. The summed E-state index contributed by atoms with van der Waals surface area (Å²) in [6.07, 6.45) is 2.44. The number of aryl methyl sites for hydroxylation is 3. The molecule has 0 radical (unpaired) electrons. The number of furan rings is 1. The van der Waals surface area contributed by atoms with E-state index < -0.39 is 0 Å². The summed E-state index contributed by atoms with van der Waals surface area (Å²) in [5, 5.41) is 3.24. The summed E-state index contributed by atoms with van der Waals surface area (Å²) in [4.78, 5) is 31.8. The predicted octanol–water partition coefficient (Wildman–Crippen LogP) is 2.40. The molecule has 3 aromatic rings.